The first kappa shape index (κ1) is 117. The van der Waals surface area contributed by atoms with Gasteiger partial charge in [0.25, 0.3) is 0 Å². The van der Waals surface area contributed by atoms with Crippen molar-refractivity contribution in [2.24, 2.45) is 0 Å². The fraction of sp³-hybridized carbons (Fsp3) is 0.886. The van der Waals surface area contributed by atoms with Gasteiger partial charge >= 0.3 is 0 Å². The molecule has 3 aromatic heterocycles. The summed E-state index contributed by atoms with van der Waals surface area (Å²) in [5.74, 6) is 13.5. The van der Waals surface area contributed by atoms with Crippen LogP contribution in [0.5, 0.6) is 0 Å². The van der Waals surface area contributed by atoms with Crippen LogP contribution in [0, 0.1) is 24.3 Å². The molecule has 0 saturated carbocycles. The quantitative estimate of drug-likeness (QED) is 0.0202. The summed E-state index contributed by atoms with van der Waals surface area (Å²) in [6, 6.07) is 5.08. The van der Waals surface area contributed by atoms with Crippen molar-refractivity contribution in [2.75, 3.05) is 126 Å². The highest BCUT2D eigenvalue weighted by Crippen LogP contribution is 2.41. The van der Waals surface area contributed by atoms with Gasteiger partial charge in [0.15, 0.2) is 0 Å². The van der Waals surface area contributed by atoms with Gasteiger partial charge in [0.1, 0.15) is 11.6 Å². The van der Waals surface area contributed by atoms with Gasteiger partial charge < -0.3 is 65.8 Å². The van der Waals surface area contributed by atoms with Crippen LogP contribution in [0.1, 0.15) is 475 Å². The standard InChI is InChI=1S/C114H211N23/c1-30-39-66-131(67-40-31-2)98-115-96(116-99(119-98)132(68-41-32-3)69-42-33-4)64-56-48-50-58-74-129(91-81-105(10,11)124-106(12,13)82-91)76-60-52-54-62-79-136(94-87-111(22,23)127-112(24,25)88-94)103-118-97(117-102(123-103)135(78-47-38-9)93-85-109(18,19)126-110(20,21)86-93)65-57-49-51-59-75-130(92-83-107(14,15)125-108(16,17)84-92)77-61-53-55-63-80-137(95-89-113(26,27)128-114(28,29)90-95)104-121-100(133(70-43-34-5)71-44-35-6)120-101(122-104)134(72-45-36-7)73-46-37-8/h9,91-95,124-128H,30-37,39-46,48-77,79-90H2,1-8,10-29H3. The fourth-order valence-corrected chi connectivity index (χ4v) is 24.9. The van der Waals surface area contributed by atoms with Crippen LogP contribution in [-0.2, 0) is 12.8 Å². The largest absolute Gasteiger partial charge is 0.341 e. The Kier molecular flexibility index (Phi) is 47.3. The van der Waals surface area contributed by atoms with Crippen molar-refractivity contribution in [3.63, 3.8) is 0 Å². The molecule has 23 nitrogen and oxygen atoms in total. The predicted octanol–water partition coefficient (Wildman–Crippen LogP) is 23.8. The lowest BCUT2D eigenvalue weighted by molar-refractivity contribution is 0.0633. The van der Waals surface area contributed by atoms with Gasteiger partial charge in [-0.1, -0.05) is 158 Å². The number of nitrogens with one attached hydrogen (secondary N) is 5. The van der Waals surface area contributed by atoms with Gasteiger partial charge in [0.05, 0.1) is 0 Å². The number of nitrogens with zero attached hydrogens (tertiary/aromatic N) is 18. The molecule has 0 unspecified atom stereocenters. The Hall–Kier alpha value is -5.53. The summed E-state index contributed by atoms with van der Waals surface area (Å²) >= 11 is 0. The summed E-state index contributed by atoms with van der Waals surface area (Å²) in [6.45, 7) is 80.4. The SMILES string of the molecule is C#CC#CN(c1nc(CCCCCCN(CCCCCCN(c2nc(N(CCCC)CCCC)nc(N(CCCC)CCCC)n2)C2CC(C)(C)NC(C)(C)C2)C2CC(C)(C)NC(C)(C)C2)nc(N(CCCCCCN(CCCCCCc2nc(N(CCCC)CCCC)nc(N(CCCC)CCCC)n2)C2CC(C)(C)NC(C)(C)C2)C2CC(C)(C)NC(C)(C)C2)n1)C1CC(C)(C)NC(C)(C)C1. The maximum atomic E-state index is 6.11. The zero-order valence-electron chi connectivity index (χ0n) is 94.0. The van der Waals surface area contributed by atoms with Crippen LogP contribution in [0.25, 0.3) is 0 Å². The third-order valence-corrected chi connectivity index (χ3v) is 29.8. The Morgan fingerprint density at radius 3 is 0.701 bits per heavy atom. The Morgan fingerprint density at radius 1 is 0.234 bits per heavy atom. The monoisotopic (exact) mass is 1900 g/mol. The molecule has 8 rings (SSSR count). The molecule has 0 amide bonds. The lowest BCUT2D eigenvalue weighted by Crippen LogP contribution is -2.62. The molecule has 782 valence electrons. The summed E-state index contributed by atoms with van der Waals surface area (Å²) in [4.78, 5) is 72.7. The van der Waals surface area contributed by atoms with Gasteiger partial charge in [-0.25, -0.2) is 0 Å². The Morgan fingerprint density at radius 2 is 0.438 bits per heavy atom. The van der Waals surface area contributed by atoms with Gasteiger partial charge in [-0.05, 0) is 338 Å². The van der Waals surface area contributed by atoms with Crippen LogP contribution >= 0.6 is 0 Å². The minimum Gasteiger partial charge on any atom is -0.341 e. The number of aryl methyl sites for hydroxylation is 2. The van der Waals surface area contributed by atoms with Crippen LogP contribution in [0.3, 0.4) is 0 Å². The van der Waals surface area contributed by atoms with Crippen molar-refractivity contribution in [2.45, 2.75) is 562 Å². The van der Waals surface area contributed by atoms with Crippen molar-refractivity contribution in [3.05, 3.63) is 11.6 Å². The van der Waals surface area contributed by atoms with Crippen molar-refractivity contribution in [3.8, 4) is 24.3 Å². The zero-order chi connectivity index (χ0) is 100. The molecule has 5 fully saturated rings. The summed E-state index contributed by atoms with van der Waals surface area (Å²) in [7, 11) is 0. The molecule has 5 aliphatic heterocycles. The first-order valence-corrected chi connectivity index (χ1v) is 56.8. The summed E-state index contributed by atoms with van der Waals surface area (Å²) in [5.41, 5.74) is -0.343. The second-order valence-electron chi connectivity index (χ2n) is 49.9. The Bertz CT molecular complexity index is 3850. The van der Waals surface area contributed by atoms with Crippen molar-refractivity contribution < 1.29 is 0 Å². The fourth-order valence-electron chi connectivity index (χ4n) is 24.9. The van der Waals surface area contributed by atoms with Gasteiger partial charge in [-0.3, -0.25) is 4.90 Å². The molecule has 3 aromatic rings. The van der Waals surface area contributed by atoms with E-state index in [1.165, 1.54) is 51.4 Å². The van der Waals surface area contributed by atoms with E-state index in [1.54, 1.807) is 0 Å². The molecule has 0 spiro atoms. The number of aromatic nitrogens is 9. The van der Waals surface area contributed by atoms with Crippen LogP contribution in [0.4, 0.5) is 41.6 Å². The van der Waals surface area contributed by atoms with Crippen LogP contribution in [0.2, 0.25) is 0 Å². The second-order valence-corrected chi connectivity index (χ2v) is 49.9. The van der Waals surface area contributed by atoms with Crippen molar-refractivity contribution >= 4 is 41.6 Å². The van der Waals surface area contributed by atoms with E-state index in [2.05, 4.69) is 282 Å². The van der Waals surface area contributed by atoms with Crippen molar-refractivity contribution in [1.82, 2.24) is 81.2 Å². The maximum Gasteiger partial charge on any atom is 0.242 e. The molecule has 8 heterocycles. The van der Waals surface area contributed by atoms with Crippen molar-refractivity contribution in [1.29, 1.82) is 0 Å². The molecular weight excluding hydrogens is 1690 g/mol. The first-order chi connectivity index (χ1) is 64.8. The zero-order valence-corrected chi connectivity index (χ0v) is 94.0. The highest BCUT2D eigenvalue weighted by atomic mass is 15.4. The second kappa shape index (κ2) is 55.5. The van der Waals surface area contributed by atoms with E-state index in [-0.39, 0.29) is 67.5 Å². The minimum absolute atomic E-state index is 0.0318. The van der Waals surface area contributed by atoms with E-state index in [0.717, 1.165) is 370 Å². The summed E-state index contributed by atoms with van der Waals surface area (Å²) in [5, 5.41) is 20.1. The normalized spacial score (nSPS) is 19.5. The Balaban J connectivity index is 0.994. The molecular formula is C114H211N23. The minimum atomic E-state index is -0.150. The maximum absolute atomic E-state index is 6.11. The number of piperidine rings is 5. The topological polar surface area (TPSA) is 205 Å². The lowest BCUT2D eigenvalue weighted by atomic mass is 9.79. The third-order valence-electron chi connectivity index (χ3n) is 29.8. The molecule has 5 saturated heterocycles. The molecule has 0 aromatic carbocycles. The first-order valence-electron chi connectivity index (χ1n) is 56.8. The summed E-state index contributed by atoms with van der Waals surface area (Å²) in [6.07, 6.45) is 54.7. The van der Waals surface area contributed by atoms with E-state index < -0.39 is 0 Å². The molecule has 0 atom stereocenters. The third kappa shape index (κ3) is 40.5. The number of terminal acetylenes is 1. The molecule has 23 heteroatoms. The van der Waals surface area contributed by atoms with E-state index >= 15 is 0 Å². The van der Waals surface area contributed by atoms with Gasteiger partial charge in [0.2, 0.25) is 41.6 Å². The van der Waals surface area contributed by atoms with Crippen LogP contribution in [0.15, 0.2) is 0 Å². The number of anilines is 7. The molecule has 5 N–H and O–H groups in total. The number of rotatable bonds is 64. The lowest BCUT2D eigenvalue weighted by Gasteiger charge is -2.50. The number of hydrogen-bond acceptors (Lipinski definition) is 23. The van der Waals surface area contributed by atoms with Crippen LogP contribution < -0.4 is 60.9 Å². The van der Waals surface area contributed by atoms with E-state index in [4.69, 9.17) is 51.3 Å². The predicted molar refractivity (Wildman–Crippen MR) is 587 cm³/mol. The molecule has 0 aliphatic carbocycles. The molecule has 0 bridgehead atoms. The highest BCUT2D eigenvalue weighted by molar-refractivity contribution is 5.50. The highest BCUT2D eigenvalue weighted by Gasteiger charge is 2.47. The van der Waals surface area contributed by atoms with Crippen LogP contribution in [-0.4, -0.2) is 232 Å². The summed E-state index contributed by atoms with van der Waals surface area (Å²) < 4.78 is 0. The molecule has 137 heavy (non-hydrogen) atoms. The average molecular weight is 1900 g/mol. The van der Waals surface area contributed by atoms with E-state index in [0.29, 0.717) is 24.1 Å². The Labute approximate surface area is 841 Å². The van der Waals surface area contributed by atoms with Gasteiger partial charge in [-0.15, -0.1) is 6.42 Å². The molecule has 0 radical (unpaired) electrons. The van der Waals surface area contributed by atoms with Gasteiger partial charge in [-0.2, -0.15) is 44.9 Å². The van der Waals surface area contributed by atoms with Gasteiger partial charge in [0, 0.05) is 176 Å². The van der Waals surface area contributed by atoms with E-state index in [1.807, 2.05) is 0 Å². The number of unbranched alkanes of at least 4 members (excludes halogenated alkanes) is 20. The van der Waals surface area contributed by atoms with E-state index in [9.17, 15) is 0 Å². The average Bonchev–Trinajstić information content (AvgIpc) is 0.766. The number of hydrogen-bond donors (Lipinski definition) is 5. The molecule has 5 aliphatic rings. The smallest absolute Gasteiger partial charge is 0.242 e.